The van der Waals surface area contributed by atoms with Crippen molar-refractivity contribution < 1.29 is 0 Å². The minimum Gasteiger partial charge on any atom is -0.365 e. The number of halogens is 1. The zero-order valence-electron chi connectivity index (χ0n) is 9.59. The van der Waals surface area contributed by atoms with E-state index in [1.807, 2.05) is 0 Å². The number of aromatic nitrogens is 4. The summed E-state index contributed by atoms with van der Waals surface area (Å²) >= 11 is 7.70. The molecule has 0 spiro atoms. The van der Waals surface area contributed by atoms with Gasteiger partial charge in [-0.1, -0.05) is 11.6 Å². The lowest BCUT2D eigenvalue weighted by molar-refractivity contribution is 0.928. The molecular formula is C11H10ClN5S. The van der Waals surface area contributed by atoms with Crippen LogP contribution in [0.4, 0.5) is 5.82 Å². The van der Waals surface area contributed by atoms with E-state index in [-0.39, 0.29) is 0 Å². The van der Waals surface area contributed by atoms with Crippen molar-refractivity contribution in [3.05, 3.63) is 39.4 Å². The number of anilines is 1. The number of hydrogen-bond donors (Lipinski definition) is 1. The van der Waals surface area contributed by atoms with Gasteiger partial charge in [0, 0.05) is 15.8 Å². The molecule has 0 bridgehead atoms. The van der Waals surface area contributed by atoms with Gasteiger partial charge in [-0.15, -0.1) is 11.3 Å². The Bertz CT molecular complexity index is 690. The van der Waals surface area contributed by atoms with Crippen LogP contribution in [0.5, 0.6) is 0 Å². The van der Waals surface area contributed by atoms with E-state index in [1.54, 1.807) is 21.9 Å². The molecule has 0 atom stereocenters. The molecule has 18 heavy (non-hydrogen) atoms. The number of nitrogens with one attached hydrogen (secondary N) is 1. The summed E-state index contributed by atoms with van der Waals surface area (Å²) in [6.07, 6.45) is 1.46. The average Bonchev–Trinajstić information content (AvgIpc) is 2.94. The molecule has 0 aliphatic rings. The number of fused-ring (bicyclic) bond motifs is 1. The highest BCUT2D eigenvalue weighted by Gasteiger charge is 2.06. The van der Waals surface area contributed by atoms with Gasteiger partial charge in [0.25, 0.3) is 5.78 Å². The van der Waals surface area contributed by atoms with Crippen molar-refractivity contribution in [2.75, 3.05) is 5.32 Å². The molecule has 0 fully saturated rings. The topological polar surface area (TPSA) is 55.1 Å². The first-order chi connectivity index (χ1) is 8.72. The summed E-state index contributed by atoms with van der Waals surface area (Å²) in [6, 6.07) is 5.95. The molecule has 3 aromatic heterocycles. The second-order valence-corrected chi connectivity index (χ2v) is 5.56. The summed E-state index contributed by atoms with van der Waals surface area (Å²) in [5, 5.41) is 7.80. The van der Waals surface area contributed by atoms with Crippen molar-refractivity contribution in [3.63, 3.8) is 0 Å². The quantitative estimate of drug-likeness (QED) is 0.749. The normalized spacial score (nSPS) is 11.0. The molecule has 0 aliphatic carbocycles. The number of hydrogen-bond acceptors (Lipinski definition) is 5. The van der Waals surface area contributed by atoms with Gasteiger partial charge >= 0.3 is 0 Å². The second kappa shape index (κ2) is 4.55. The maximum absolute atomic E-state index is 5.94. The summed E-state index contributed by atoms with van der Waals surface area (Å²) < 4.78 is 1.63. The van der Waals surface area contributed by atoms with E-state index < -0.39 is 0 Å². The number of rotatable bonds is 3. The smallest absolute Gasteiger partial charge is 0.255 e. The Kier molecular flexibility index (Phi) is 2.89. The van der Waals surface area contributed by atoms with Gasteiger partial charge in [0.15, 0.2) is 0 Å². The van der Waals surface area contributed by atoms with Crippen molar-refractivity contribution >= 4 is 34.5 Å². The van der Waals surface area contributed by atoms with E-state index in [1.165, 1.54) is 16.1 Å². The van der Waals surface area contributed by atoms with Crippen LogP contribution in [0.25, 0.3) is 5.78 Å². The minimum absolute atomic E-state index is 0.403. The van der Waals surface area contributed by atoms with Gasteiger partial charge in [0.05, 0.1) is 6.54 Å². The lowest BCUT2D eigenvalue weighted by Gasteiger charge is -2.06. The highest BCUT2D eigenvalue weighted by Crippen LogP contribution is 2.18. The van der Waals surface area contributed by atoms with Crippen LogP contribution in [0.2, 0.25) is 5.15 Å². The van der Waals surface area contributed by atoms with Crippen molar-refractivity contribution in [1.82, 2.24) is 19.6 Å². The third-order valence-electron chi connectivity index (χ3n) is 2.46. The fourth-order valence-electron chi connectivity index (χ4n) is 1.67. The molecule has 92 valence electrons. The van der Waals surface area contributed by atoms with Gasteiger partial charge in [-0.3, -0.25) is 0 Å². The lowest BCUT2D eigenvalue weighted by atomic mass is 10.4. The maximum Gasteiger partial charge on any atom is 0.255 e. The van der Waals surface area contributed by atoms with Crippen molar-refractivity contribution in [3.8, 4) is 0 Å². The predicted octanol–water partition coefficient (Wildman–Crippen LogP) is 2.76. The van der Waals surface area contributed by atoms with Crippen LogP contribution in [-0.4, -0.2) is 19.6 Å². The van der Waals surface area contributed by atoms with Gasteiger partial charge < -0.3 is 5.32 Å². The van der Waals surface area contributed by atoms with Gasteiger partial charge in [0.1, 0.15) is 17.3 Å². The summed E-state index contributed by atoms with van der Waals surface area (Å²) in [7, 11) is 0. The minimum atomic E-state index is 0.403. The first kappa shape index (κ1) is 11.4. The van der Waals surface area contributed by atoms with Crippen LogP contribution < -0.4 is 5.32 Å². The predicted molar refractivity (Wildman–Crippen MR) is 72.2 cm³/mol. The molecular weight excluding hydrogens is 270 g/mol. The molecule has 7 heteroatoms. The van der Waals surface area contributed by atoms with E-state index in [0.29, 0.717) is 10.9 Å². The summed E-state index contributed by atoms with van der Waals surface area (Å²) in [6.45, 7) is 2.82. The molecule has 0 amide bonds. The molecule has 0 saturated carbocycles. The molecule has 0 aromatic carbocycles. The Labute approximate surface area is 112 Å². The van der Waals surface area contributed by atoms with Crippen LogP contribution in [0, 0.1) is 6.92 Å². The van der Waals surface area contributed by atoms with Crippen molar-refractivity contribution in [2.24, 2.45) is 0 Å². The standard InChI is InChI=1S/C11H10ClN5S/c1-7-2-3-8(18-7)5-13-10-4-9(12)16-11-14-6-15-17(10)11/h2-4,6,13H,5H2,1H3. The molecule has 0 radical (unpaired) electrons. The molecule has 3 rings (SSSR count). The van der Waals surface area contributed by atoms with Gasteiger partial charge in [0.2, 0.25) is 0 Å². The number of nitrogens with zero attached hydrogens (tertiary/aromatic N) is 4. The molecule has 0 aliphatic heterocycles. The third kappa shape index (κ3) is 2.16. The van der Waals surface area contributed by atoms with E-state index >= 15 is 0 Å². The van der Waals surface area contributed by atoms with Gasteiger partial charge in [-0.25, -0.2) is 0 Å². The number of aryl methyl sites for hydroxylation is 1. The van der Waals surface area contributed by atoms with Crippen molar-refractivity contribution in [2.45, 2.75) is 13.5 Å². The molecule has 0 unspecified atom stereocenters. The molecule has 3 heterocycles. The monoisotopic (exact) mass is 279 g/mol. The van der Waals surface area contributed by atoms with Crippen molar-refractivity contribution in [1.29, 1.82) is 0 Å². The van der Waals surface area contributed by atoms with Crippen LogP contribution >= 0.6 is 22.9 Å². The summed E-state index contributed by atoms with van der Waals surface area (Å²) in [4.78, 5) is 10.6. The zero-order chi connectivity index (χ0) is 12.5. The summed E-state index contributed by atoms with van der Waals surface area (Å²) in [5.41, 5.74) is 0. The first-order valence-electron chi connectivity index (χ1n) is 5.38. The first-order valence-corrected chi connectivity index (χ1v) is 6.57. The van der Waals surface area contributed by atoms with Crippen LogP contribution in [0.1, 0.15) is 9.75 Å². The Morgan fingerprint density at radius 3 is 3.11 bits per heavy atom. The van der Waals surface area contributed by atoms with Crippen LogP contribution in [-0.2, 0) is 6.54 Å². The molecule has 5 nitrogen and oxygen atoms in total. The second-order valence-electron chi connectivity index (χ2n) is 3.80. The molecule has 3 aromatic rings. The fraction of sp³-hybridized carbons (Fsp3) is 0.182. The lowest BCUT2D eigenvalue weighted by Crippen LogP contribution is -2.05. The van der Waals surface area contributed by atoms with E-state index in [0.717, 1.165) is 12.4 Å². The zero-order valence-corrected chi connectivity index (χ0v) is 11.2. The van der Waals surface area contributed by atoms with Crippen LogP contribution in [0.15, 0.2) is 24.5 Å². The molecule has 0 saturated heterocycles. The molecule has 1 N–H and O–H groups in total. The average molecular weight is 280 g/mol. The Morgan fingerprint density at radius 1 is 1.44 bits per heavy atom. The highest BCUT2D eigenvalue weighted by molar-refractivity contribution is 7.11. The van der Waals surface area contributed by atoms with Crippen LogP contribution in [0.3, 0.4) is 0 Å². The Morgan fingerprint density at radius 2 is 2.33 bits per heavy atom. The SMILES string of the molecule is Cc1ccc(CNc2cc(Cl)nc3ncnn23)s1. The van der Waals surface area contributed by atoms with Gasteiger partial charge in [-0.05, 0) is 19.1 Å². The highest BCUT2D eigenvalue weighted by atomic mass is 35.5. The van der Waals surface area contributed by atoms with E-state index in [9.17, 15) is 0 Å². The Balaban J connectivity index is 1.87. The summed E-state index contributed by atoms with van der Waals surface area (Å²) in [5.74, 6) is 1.28. The largest absolute Gasteiger partial charge is 0.365 e. The Hall–Kier alpha value is -1.66. The van der Waals surface area contributed by atoms with E-state index in [2.05, 4.69) is 39.4 Å². The number of thiophene rings is 1. The van der Waals surface area contributed by atoms with Gasteiger partial charge in [-0.2, -0.15) is 19.6 Å². The fourth-order valence-corrected chi connectivity index (χ4v) is 2.68. The third-order valence-corrected chi connectivity index (χ3v) is 3.65. The maximum atomic E-state index is 5.94. The van der Waals surface area contributed by atoms with E-state index in [4.69, 9.17) is 11.6 Å².